The quantitative estimate of drug-likeness (QED) is 0.827. The molecule has 1 saturated heterocycles. The lowest BCUT2D eigenvalue weighted by atomic mass is 10.0. The number of nitrogens with one attached hydrogen (secondary N) is 1. The van der Waals surface area contributed by atoms with Crippen molar-refractivity contribution in [1.82, 2.24) is 19.7 Å². The Morgan fingerprint density at radius 2 is 2.18 bits per heavy atom. The van der Waals surface area contributed by atoms with Crippen LogP contribution in [0.25, 0.3) is 0 Å². The summed E-state index contributed by atoms with van der Waals surface area (Å²) in [5, 5.41) is 17.1. The van der Waals surface area contributed by atoms with Gasteiger partial charge in [-0.05, 0) is 56.3 Å². The molecule has 7 heteroatoms. The van der Waals surface area contributed by atoms with Gasteiger partial charge in [-0.3, -0.25) is 9.69 Å². The summed E-state index contributed by atoms with van der Waals surface area (Å²) in [4.78, 5) is 19.0. The Bertz CT molecular complexity index is 931. The average molecular weight is 378 g/mol. The third-order valence-electron chi connectivity index (χ3n) is 5.81. The first-order chi connectivity index (χ1) is 13.7. The second-order valence-corrected chi connectivity index (χ2v) is 7.61. The fourth-order valence-electron chi connectivity index (χ4n) is 4.27. The normalized spacial score (nSPS) is 19.2. The van der Waals surface area contributed by atoms with Crippen molar-refractivity contribution >= 4 is 5.82 Å². The Morgan fingerprint density at radius 3 is 3.04 bits per heavy atom. The summed E-state index contributed by atoms with van der Waals surface area (Å²) in [5.41, 5.74) is 2.94. The third kappa shape index (κ3) is 4.07. The van der Waals surface area contributed by atoms with E-state index in [2.05, 4.69) is 21.4 Å². The predicted molar refractivity (Wildman–Crippen MR) is 107 cm³/mol. The second-order valence-electron chi connectivity index (χ2n) is 7.61. The summed E-state index contributed by atoms with van der Waals surface area (Å²) in [6.45, 7) is 3.18. The molecule has 0 amide bonds. The maximum Gasteiger partial charge on any atom is 0.266 e. The van der Waals surface area contributed by atoms with Crippen LogP contribution < -0.4 is 10.9 Å². The Morgan fingerprint density at radius 1 is 1.25 bits per heavy atom. The van der Waals surface area contributed by atoms with Crippen molar-refractivity contribution in [1.29, 1.82) is 5.26 Å². The molecule has 1 unspecified atom stereocenters. The summed E-state index contributed by atoms with van der Waals surface area (Å²) >= 11 is 0. The van der Waals surface area contributed by atoms with Crippen LogP contribution in [0.5, 0.6) is 0 Å². The number of aromatic nitrogens is 3. The fraction of sp³-hybridized carbons (Fsp3) is 0.524. The van der Waals surface area contributed by atoms with Crippen molar-refractivity contribution in [3.05, 3.63) is 51.6 Å². The Kier molecular flexibility index (Phi) is 5.68. The standard InChI is InChI=1S/C21H26N6O/c22-14-17-13-16-5-3-7-19(16)25-21(17)23-15-18-6-1-2-10-26(18)11-12-27-20(28)8-4-9-24-27/h4,8-9,13,18H,1-3,5-7,10-12,15H2,(H,23,25). The highest BCUT2D eigenvalue weighted by Crippen LogP contribution is 2.25. The maximum atomic E-state index is 11.9. The highest BCUT2D eigenvalue weighted by molar-refractivity contribution is 5.55. The number of anilines is 1. The smallest absolute Gasteiger partial charge is 0.266 e. The van der Waals surface area contributed by atoms with Crippen LogP contribution >= 0.6 is 0 Å². The van der Waals surface area contributed by atoms with E-state index in [1.54, 1.807) is 18.3 Å². The molecule has 1 aliphatic heterocycles. The van der Waals surface area contributed by atoms with Gasteiger partial charge in [-0.15, -0.1) is 0 Å². The lowest BCUT2D eigenvalue weighted by Gasteiger charge is -2.36. The molecule has 1 aliphatic carbocycles. The van der Waals surface area contributed by atoms with Crippen LogP contribution in [0.1, 0.15) is 42.5 Å². The van der Waals surface area contributed by atoms with Crippen molar-refractivity contribution in [2.75, 3.05) is 25.0 Å². The first-order valence-electron chi connectivity index (χ1n) is 10.2. The van der Waals surface area contributed by atoms with Crippen molar-refractivity contribution < 1.29 is 0 Å². The number of nitrogens with zero attached hydrogens (tertiary/aromatic N) is 5. The van der Waals surface area contributed by atoms with Gasteiger partial charge in [-0.25, -0.2) is 9.67 Å². The minimum Gasteiger partial charge on any atom is -0.367 e. The Labute approximate surface area is 165 Å². The molecular weight excluding hydrogens is 352 g/mol. The van der Waals surface area contributed by atoms with Gasteiger partial charge < -0.3 is 5.32 Å². The summed E-state index contributed by atoms with van der Waals surface area (Å²) in [6.07, 6.45) is 8.30. The predicted octanol–water partition coefficient (Wildman–Crippen LogP) is 1.97. The lowest BCUT2D eigenvalue weighted by Crippen LogP contribution is -2.45. The van der Waals surface area contributed by atoms with E-state index in [-0.39, 0.29) is 5.56 Å². The van der Waals surface area contributed by atoms with Crippen molar-refractivity contribution in [3.8, 4) is 6.07 Å². The van der Waals surface area contributed by atoms with Crippen LogP contribution in [0.3, 0.4) is 0 Å². The molecule has 4 rings (SSSR count). The molecule has 0 bridgehead atoms. The van der Waals surface area contributed by atoms with Gasteiger partial charge in [0.05, 0.1) is 12.1 Å². The van der Waals surface area contributed by atoms with Gasteiger partial charge in [0.1, 0.15) is 11.9 Å². The topological polar surface area (TPSA) is 86.8 Å². The summed E-state index contributed by atoms with van der Waals surface area (Å²) in [7, 11) is 0. The van der Waals surface area contributed by atoms with Gasteiger partial charge in [0.25, 0.3) is 5.56 Å². The largest absolute Gasteiger partial charge is 0.367 e. The van der Waals surface area contributed by atoms with E-state index in [4.69, 9.17) is 4.98 Å². The number of hydrogen-bond donors (Lipinski definition) is 1. The molecule has 0 saturated carbocycles. The van der Waals surface area contributed by atoms with Crippen LogP contribution in [0.4, 0.5) is 5.82 Å². The number of likely N-dealkylation sites (tertiary alicyclic amines) is 1. The van der Waals surface area contributed by atoms with Crippen LogP contribution in [0.2, 0.25) is 0 Å². The first kappa shape index (κ1) is 18.6. The molecule has 1 atom stereocenters. The first-order valence-corrected chi connectivity index (χ1v) is 10.2. The SMILES string of the molecule is N#Cc1cc2c(nc1NCC1CCCCN1CCn1ncccc1=O)CCC2. The minimum atomic E-state index is -0.0600. The van der Waals surface area contributed by atoms with Gasteiger partial charge in [-0.2, -0.15) is 10.4 Å². The average Bonchev–Trinajstić information content (AvgIpc) is 3.19. The molecule has 0 aromatic carbocycles. The number of hydrogen-bond acceptors (Lipinski definition) is 6. The van der Waals surface area contributed by atoms with Gasteiger partial charge in [0, 0.05) is 37.1 Å². The molecule has 7 nitrogen and oxygen atoms in total. The number of nitriles is 1. The molecule has 146 valence electrons. The van der Waals surface area contributed by atoms with E-state index in [1.165, 1.54) is 23.1 Å². The summed E-state index contributed by atoms with van der Waals surface area (Å²) < 4.78 is 1.52. The highest BCUT2D eigenvalue weighted by atomic mass is 16.1. The monoisotopic (exact) mass is 378 g/mol. The molecule has 1 fully saturated rings. The molecule has 2 aromatic rings. The second kappa shape index (κ2) is 8.53. The summed E-state index contributed by atoms with van der Waals surface area (Å²) in [6, 6.07) is 7.88. The van der Waals surface area contributed by atoms with Crippen LogP contribution in [0.15, 0.2) is 29.2 Å². The molecule has 2 aliphatic rings. The minimum absolute atomic E-state index is 0.0600. The van der Waals surface area contributed by atoms with Crippen molar-refractivity contribution in [3.63, 3.8) is 0 Å². The van der Waals surface area contributed by atoms with E-state index >= 15 is 0 Å². The van der Waals surface area contributed by atoms with Gasteiger partial charge in [0.2, 0.25) is 0 Å². The van der Waals surface area contributed by atoms with E-state index in [0.29, 0.717) is 18.2 Å². The number of fused-ring (bicyclic) bond motifs is 1. The molecule has 28 heavy (non-hydrogen) atoms. The molecule has 0 spiro atoms. The van der Waals surface area contributed by atoms with Crippen LogP contribution in [0, 0.1) is 11.3 Å². The molecule has 1 N–H and O–H groups in total. The highest BCUT2D eigenvalue weighted by Gasteiger charge is 2.23. The Balaban J connectivity index is 1.41. The fourth-order valence-corrected chi connectivity index (χ4v) is 4.27. The van der Waals surface area contributed by atoms with E-state index < -0.39 is 0 Å². The number of aryl methyl sites for hydroxylation is 2. The van der Waals surface area contributed by atoms with Gasteiger partial charge in [-0.1, -0.05) is 6.42 Å². The van der Waals surface area contributed by atoms with Gasteiger partial charge >= 0.3 is 0 Å². The van der Waals surface area contributed by atoms with E-state index in [9.17, 15) is 10.1 Å². The Hall–Kier alpha value is -2.72. The van der Waals surface area contributed by atoms with E-state index in [0.717, 1.165) is 56.8 Å². The van der Waals surface area contributed by atoms with Crippen LogP contribution in [-0.4, -0.2) is 45.3 Å². The van der Waals surface area contributed by atoms with Crippen LogP contribution in [-0.2, 0) is 19.4 Å². The zero-order valence-electron chi connectivity index (χ0n) is 16.1. The van der Waals surface area contributed by atoms with Gasteiger partial charge in [0.15, 0.2) is 0 Å². The van der Waals surface area contributed by atoms with E-state index in [1.807, 2.05) is 6.07 Å². The summed E-state index contributed by atoms with van der Waals surface area (Å²) in [5.74, 6) is 0.717. The molecule has 0 radical (unpaired) electrons. The molecule has 2 aromatic heterocycles. The molecule has 3 heterocycles. The van der Waals surface area contributed by atoms with Crippen molar-refractivity contribution in [2.45, 2.75) is 51.1 Å². The number of piperidine rings is 1. The zero-order valence-corrected chi connectivity index (χ0v) is 16.1. The number of rotatable bonds is 6. The maximum absolute atomic E-state index is 11.9. The number of pyridine rings is 1. The molecular formula is C21H26N6O. The zero-order chi connectivity index (χ0) is 19.3. The van der Waals surface area contributed by atoms with Crippen molar-refractivity contribution in [2.24, 2.45) is 0 Å². The third-order valence-corrected chi connectivity index (χ3v) is 5.81. The lowest BCUT2D eigenvalue weighted by molar-refractivity contribution is 0.148.